The third kappa shape index (κ3) is 4.74. The van der Waals surface area contributed by atoms with Crippen molar-refractivity contribution in [2.24, 2.45) is 0 Å². The Morgan fingerprint density at radius 2 is 0.732 bits per heavy atom. The molecule has 13 rings (SSSR count). The van der Waals surface area contributed by atoms with Crippen LogP contribution in [0.25, 0.3) is 109 Å². The van der Waals surface area contributed by atoms with Gasteiger partial charge in [-0.25, -0.2) is 4.98 Å². The van der Waals surface area contributed by atoms with Crippen molar-refractivity contribution in [3.63, 3.8) is 0 Å². The Morgan fingerprint density at radius 1 is 0.286 bits per heavy atom. The summed E-state index contributed by atoms with van der Waals surface area (Å²) in [7, 11) is 0. The van der Waals surface area contributed by atoms with Crippen molar-refractivity contribution < 1.29 is 0 Å². The summed E-state index contributed by atoms with van der Waals surface area (Å²) in [6, 6.07) is 73.2. The van der Waals surface area contributed by atoms with Crippen LogP contribution >= 0.6 is 0 Å². The monoisotopic (exact) mass is 711 g/mol. The highest BCUT2D eigenvalue weighted by Gasteiger charge is 2.14. The molecule has 16 bridgehead atoms. The van der Waals surface area contributed by atoms with E-state index in [2.05, 4.69) is 209 Å². The number of hydrogen-bond donors (Lipinski definition) is 0. The average molecular weight is 712 g/mol. The van der Waals surface area contributed by atoms with Crippen LogP contribution in [0.2, 0.25) is 0 Å². The minimum Gasteiger partial charge on any atom is -0.309 e. The van der Waals surface area contributed by atoms with E-state index in [0.717, 1.165) is 38.7 Å². The highest BCUT2D eigenvalue weighted by molar-refractivity contribution is 6.16. The number of pyridine rings is 1. The molecular formula is C53H33N3. The lowest BCUT2D eigenvalue weighted by molar-refractivity contribution is 1.18. The van der Waals surface area contributed by atoms with Gasteiger partial charge in [0.05, 0.1) is 27.6 Å². The molecule has 260 valence electrons. The van der Waals surface area contributed by atoms with Gasteiger partial charge < -0.3 is 4.57 Å². The zero-order valence-electron chi connectivity index (χ0n) is 30.4. The van der Waals surface area contributed by atoms with E-state index < -0.39 is 0 Å². The van der Waals surface area contributed by atoms with Gasteiger partial charge in [0.2, 0.25) is 0 Å². The first-order valence-electron chi connectivity index (χ1n) is 19.2. The smallest absolute Gasteiger partial charge is 0.138 e. The zero-order chi connectivity index (χ0) is 36.7. The van der Waals surface area contributed by atoms with E-state index in [4.69, 9.17) is 4.98 Å². The lowest BCUT2D eigenvalue weighted by Crippen LogP contribution is -1.92. The molecule has 0 fully saturated rings. The van der Waals surface area contributed by atoms with E-state index >= 15 is 0 Å². The second kappa shape index (κ2) is 12.0. The quantitative estimate of drug-likeness (QED) is 0.166. The van der Waals surface area contributed by atoms with Crippen molar-refractivity contribution in [2.75, 3.05) is 0 Å². The molecular weight excluding hydrogens is 679 g/mol. The molecule has 0 aliphatic carbocycles. The van der Waals surface area contributed by atoms with Crippen molar-refractivity contribution in [2.45, 2.75) is 0 Å². The number of aromatic nitrogens is 3. The summed E-state index contributed by atoms with van der Waals surface area (Å²) >= 11 is 0. The molecule has 8 aromatic carbocycles. The van der Waals surface area contributed by atoms with Gasteiger partial charge >= 0.3 is 0 Å². The van der Waals surface area contributed by atoms with E-state index in [1.165, 1.54) is 70.3 Å². The Balaban J connectivity index is 1.28. The molecule has 0 atom stereocenters. The van der Waals surface area contributed by atoms with Crippen LogP contribution in [0.5, 0.6) is 0 Å². The largest absolute Gasteiger partial charge is 0.309 e. The number of rotatable bonds is 1. The topological polar surface area (TPSA) is 22.2 Å². The Hall–Kier alpha value is -7.49. The van der Waals surface area contributed by atoms with Crippen molar-refractivity contribution >= 4 is 103 Å². The van der Waals surface area contributed by atoms with Crippen molar-refractivity contribution in [3.8, 4) is 5.69 Å². The summed E-state index contributed by atoms with van der Waals surface area (Å²) in [4.78, 5) is 5.32. The van der Waals surface area contributed by atoms with Crippen molar-refractivity contribution in [1.82, 2.24) is 14.0 Å². The Morgan fingerprint density at radius 3 is 1.34 bits per heavy atom. The van der Waals surface area contributed by atoms with Gasteiger partial charge in [-0.3, -0.25) is 4.40 Å². The molecule has 0 aliphatic heterocycles. The predicted molar refractivity (Wildman–Crippen MR) is 239 cm³/mol. The summed E-state index contributed by atoms with van der Waals surface area (Å²) in [6.07, 6.45) is 0. The third-order valence-corrected chi connectivity index (χ3v) is 11.6. The fraction of sp³-hybridized carbons (Fsp3) is 0. The van der Waals surface area contributed by atoms with Gasteiger partial charge in [-0.05, 0) is 128 Å². The molecule has 5 aromatic heterocycles. The van der Waals surface area contributed by atoms with Gasteiger partial charge in [0.1, 0.15) is 5.65 Å². The Kier molecular flexibility index (Phi) is 6.63. The lowest BCUT2D eigenvalue weighted by Gasteiger charge is -2.07. The predicted octanol–water partition coefficient (Wildman–Crippen LogP) is 14.2. The normalized spacial score (nSPS) is 11.9. The fourth-order valence-corrected chi connectivity index (χ4v) is 8.96. The van der Waals surface area contributed by atoms with E-state index in [1.54, 1.807) is 0 Å². The maximum Gasteiger partial charge on any atom is 0.138 e. The zero-order valence-corrected chi connectivity index (χ0v) is 30.4. The second-order valence-electron chi connectivity index (χ2n) is 14.8. The van der Waals surface area contributed by atoms with Crippen LogP contribution in [0.3, 0.4) is 0 Å². The van der Waals surface area contributed by atoms with Gasteiger partial charge in [0, 0.05) is 32.6 Å². The molecule has 0 spiro atoms. The van der Waals surface area contributed by atoms with Crippen LogP contribution in [0.15, 0.2) is 200 Å². The highest BCUT2D eigenvalue weighted by atomic mass is 15.0. The van der Waals surface area contributed by atoms with Gasteiger partial charge in [-0.1, -0.05) is 115 Å². The van der Waals surface area contributed by atoms with E-state index in [1.807, 2.05) is 0 Å². The van der Waals surface area contributed by atoms with Gasteiger partial charge in [0.25, 0.3) is 0 Å². The van der Waals surface area contributed by atoms with Crippen LogP contribution in [-0.4, -0.2) is 14.0 Å². The molecule has 5 heterocycles. The summed E-state index contributed by atoms with van der Waals surface area (Å²) in [5, 5.41) is 15.5. The molecule has 0 saturated heterocycles. The molecule has 0 saturated carbocycles. The first kappa shape index (κ1) is 30.9. The number of hydrogen-bond acceptors (Lipinski definition) is 1. The molecule has 3 nitrogen and oxygen atoms in total. The molecule has 0 aliphatic rings. The van der Waals surface area contributed by atoms with Crippen LogP contribution in [0.4, 0.5) is 0 Å². The number of benzene rings is 8. The van der Waals surface area contributed by atoms with Gasteiger partial charge in [-0.2, -0.15) is 0 Å². The van der Waals surface area contributed by atoms with Gasteiger partial charge in [0.15, 0.2) is 0 Å². The van der Waals surface area contributed by atoms with Crippen LogP contribution in [0, 0.1) is 0 Å². The lowest BCUT2D eigenvalue weighted by atomic mass is 10.0. The summed E-state index contributed by atoms with van der Waals surface area (Å²) in [5.74, 6) is 0. The van der Waals surface area contributed by atoms with Crippen LogP contribution in [-0.2, 0) is 0 Å². The summed E-state index contributed by atoms with van der Waals surface area (Å²) in [5.41, 5.74) is 7.65. The highest BCUT2D eigenvalue weighted by Crippen LogP contribution is 2.37. The number of fused-ring (bicyclic) bond motifs is 2. The Labute approximate surface area is 321 Å². The van der Waals surface area contributed by atoms with Crippen LogP contribution < -0.4 is 0 Å². The van der Waals surface area contributed by atoms with Crippen molar-refractivity contribution in [1.29, 1.82) is 0 Å². The molecule has 56 heavy (non-hydrogen) atoms. The molecule has 0 radical (unpaired) electrons. The van der Waals surface area contributed by atoms with Crippen molar-refractivity contribution in [3.05, 3.63) is 200 Å². The first-order chi connectivity index (χ1) is 27.7. The third-order valence-electron chi connectivity index (χ3n) is 11.6. The molecule has 13 aromatic rings. The number of nitrogens with zero attached hydrogens (tertiary/aromatic N) is 3. The minimum atomic E-state index is 0.901. The maximum atomic E-state index is 5.32. The van der Waals surface area contributed by atoms with E-state index in [0.29, 0.717) is 0 Å². The fourth-order valence-electron chi connectivity index (χ4n) is 8.96. The molecule has 0 N–H and O–H groups in total. The minimum absolute atomic E-state index is 0.901. The molecule has 3 heteroatoms. The first-order valence-corrected chi connectivity index (χ1v) is 19.2. The number of para-hydroxylation sites is 2. The molecule has 0 amide bonds. The van der Waals surface area contributed by atoms with E-state index in [-0.39, 0.29) is 0 Å². The van der Waals surface area contributed by atoms with Gasteiger partial charge in [-0.15, -0.1) is 0 Å². The van der Waals surface area contributed by atoms with E-state index in [9.17, 15) is 0 Å². The van der Waals surface area contributed by atoms with Crippen LogP contribution in [0.1, 0.15) is 0 Å². The SMILES string of the molecule is c1ccc(-n2c3ccc4cc3c3cc(ccc32)c2ccc3c(c2)c2ccccc2n3c2cccc(n2)c2cccc(c2)c2cccc(c2)c2cccc4c2)cc1. The Bertz CT molecular complexity index is 3700. The molecule has 0 unspecified atom stereocenters. The second-order valence-corrected chi connectivity index (χ2v) is 14.8. The maximum absolute atomic E-state index is 5.32. The standard InChI is InChI=1S/C53H33N3/c1-2-16-43(17-3-1)55-50-25-22-39-32-46(50)47-33-41(23-26-51(47)55)40-24-27-52-45(31-40)44-18-4-5-20-49(44)56(52)53-21-9-19-48(54-53)42-15-8-14-38(30-42)36-12-6-10-34(28-36)35-11-7-13-37(39)29-35/h1-33H. The summed E-state index contributed by atoms with van der Waals surface area (Å²) in [6.45, 7) is 0. The average Bonchev–Trinajstić information content (AvgIpc) is 3.78. The summed E-state index contributed by atoms with van der Waals surface area (Å²) < 4.78 is 4.71.